The Hall–Kier alpha value is -1.35. The third kappa shape index (κ3) is 2.42. The Morgan fingerprint density at radius 2 is 2.00 bits per heavy atom. The Bertz CT molecular complexity index is 379. The van der Waals surface area contributed by atoms with Crippen LogP contribution in [-0.2, 0) is 0 Å². The molecule has 0 aromatic heterocycles. The minimum absolute atomic E-state index is 0.0733. The Morgan fingerprint density at radius 3 is 2.44 bits per heavy atom. The summed E-state index contributed by atoms with van der Waals surface area (Å²) in [4.78, 5) is 11.1. The van der Waals surface area contributed by atoms with Crippen molar-refractivity contribution in [1.29, 1.82) is 0 Å². The van der Waals surface area contributed by atoms with Crippen LogP contribution in [0.25, 0.3) is 0 Å². The van der Waals surface area contributed by atoms with E-state index in [2.05, 4.69) is 5.32 Å². The van der Waals surface area contributed by atoms with Crippen LogP contribution < -0.4 is 5.32 Å². The third-order valence-corrected chi connectivity index (χ3v) is 3.20. The summed E-state index contributed by atoms with van der Waals surface area (Å²) in [5.41, 5.74) is 1.15. The number of carbonyl (C=O) groups excluding carboxylic acids is 1. The van der Waals surface area contributed by atoms with Crippen LogP contribution in [0, 0.1) is 0 Å². The van der Waals surface area contributed by atoms with E-state index in [1.165, 1.54) is 0 Å². The van der Waals surface area contributed by atoms with E-state index < -0.39 is 5.60 Å². The minimum Gasteiger partial charge on any atom is -0.388 e. The van der Waals surface area contributed by atoms with Crippen molar-refractivity contribution in [2.24, 2.45) is 0 Å². The molecular formula is C13H17NO2. The van der Waals surface area contributed by atoms with Gasteiger partial charge in [-0.05, 0) is 50.5 Å². The first-order valence-corrected chi connectivity index (χ1v) is 5.66. The molecule has 0 saturated heterocycles. The molecule has 1 aromatic rings. The molecule has 2 N–H and O–H groups in total. The molecule has 3 nitrogen and oxygen atoms in total. The minimum atomic E-state index is -0.515. The van der Waals surface area contributed by atoms with E-state index in [0.717, 1.165) is 24.9 Å². The number of hydrogen-bond acceptors (Lipinski definition) is 3. The molecule has 1 aliphatic rings. The highest BCUT2D eigenvalue weighted by molar-refractivity contribution is 5.94. The molecule has 0 spiro atoms. The van der Waals surface area contributed by atoms with Gasteiger partial charge in [0.15, 0.2) is 5.78 Å². The van der Waals surface area contributed by atoms with E-state index >= 15 is 0 Å². The van der Waals surface area contributed by atoms with Gasteiger partial charge in [0.2, 0.25) is 0 Å². The highest BCUT2D eigenvalue weighted by atomic mass is 16.3. The Balaban J connectivity index is 1.92. The molecule has 3 heteroatoms. The van der Waals surface area contributed by atoms with Gasteiger partial charge in [0, 0.05) is 17.8 Å². The molecule has 0 amide bonds. The lowest BCUT2D eigenvalue weighted by atomic mass is 9.80. The molecule has 0 bridgehead atoms. The van der Waals surface area contributed by atoms with Gasteiger partial charge in [-0.3, -0.25) is 4.79 Å². The Morgan fingerprint density at radius 1 is 1.38 bits per heavy atom. The maximum absolute atomic E-state index is 11.1. The van der Waals surface area contributed by atoms with Gasteiger partial charge in [-0.2, -0.15) is 0 Å². The van der Waals surface area contributed by atoms with Crippen LogP contribution >= 0.6 is 0 Å². The van der Waals surface area contributed by atoms with Crippen LogP contribution in [0.1, 0.15) is 36.5 Å². The number of nitrogens with one attached hydrogen (secondary N) is 1. The summed E-state index contributed by atoms with van der Waals surface area (Å²) in [5.74, 6) is 0.0733. The van der Waals surface area contributed by atoms with Crippen molar-refractivity contribution in [3.05, 3.63) is 29.8 Å². The fraction of sp³-hybridized carbons (Fsp3) is 0.462. The molecule has 1 saturated carbocycles. The number of rotatable bonds is 4. The lowest BCUT2D eigenvalue weighted by Crippen LogP contribution is -2.43. The van der Waals surface area contributed by atoms with Crippen molar-refractivity contribution in [1.82, 2.24) is 0 Å². The Labute approximate surface area is 95.5 Å². The largest absolute Gasteiger partial charge is 0.388 e. The van der Waals surface area contributed by atoms with E-state index in [-0.39, 0.29) is 5.78 Å². The second-order valence-corrected chi connectivity index (χ2v) is 4.56. The summed E-state index contributed by atoms with van der Waals surface area (Å²) in [6, 6.07) is 7.35. The number of hydrogen-bond donors (Lipinski definition) is 2. The normalized spacial score (nSPS) is 17.6. The van der Waals surface area contributed by atoms with Crippen molar-refractivity contribution in [2.75, 3.05) is 11.9 Å². The molecule has 2 rings (SSSR count). The van der Waals surface area contributed by atoms with Gasteiger partial charge < -0.3 is 10.4 Å². The van der Waals surface area contributed by atoms with Crippen molar-refractivity contribution in [3.63, 3.8) is 0 Å². The molecule has 0 aliphatic heterocycles. The zero-order chi connectivity index (χ0) is 11.6. The molecule has 0 unspecified atom stereocenters. The molecule has 86 valence electrons. The van der Waals surface area contributed by atoms with E-state index in [0.29, 0.717) is 12.1 Å². The van der Waals surface area contributed by atoms with Crippen LogP contribution in [0.5, 0.6) is 0 Å². The van der Waals surface area contributed by atoms with Crippen molar-refractivity contribution >= 4 is 11.5 Å². The van der Waals surface area contributed by atoms with E-state index in [9.17, 15) is 9.90 Å². The topological polar surface area (TPSA) is 49.3 Å². The van der Waals surface area contributed by atoms with Gasteiger partial charge >= 0.3 is 0 Å². The maximum Gasteiger partial charge on any atom is 0.159 e. The lowest BCUT2D eigenvalue weighted by molar-refractivity contribution is -0.0202. The van der Waals surface area contributed by atoms with E-state index in [1.54, 1.807) is 19.1 Å². The van der Waals surface area contributed by atoms with Crippen LogP contribution in [0.4, 0.5) is 5.69 Å². The van der Waals surface area contributed by atoms with Crippen LogP contribution in [0.15, 0.2) is 24.3 Å². The summed E-state index contributed by atoms with van der Waals surface area (Å²) in [7, 11) is 0. The maximum atomic E-state index is 11.1. The van der Waals surface area contributed by atoms with Gasteiger partial charge in [0.25, 0.3) is 0 Å². The smallest absolute Gasteiger partial charge is 0.159 e. The summed E-state index contributed by atoms with van der Waals surface area (Å²) < 4.78 is 0. The highest BCUT2D eigenvalue weighted by Gasteiger charge is 2.33. The quantitative estimate of drug-likeness (QED) is 0.763. The molecule has 0 radical (unpaired) electrons. The standard InChI is InChI=1S/C13H17NO2/c1-10(15)11-3-5-12(6-4-11)14-9-13(16)7-2-8-13/h3-6,14,16H,2,7-9H2,1H3. The van der Waals surface area contributed by atoms with Crippen LogP contribution in [0.2, 0.25) is 0 Å². The molecule has 1 aromatic carbocycles. The van der Waals surface area contributed by atoms with Crippen molar-refractivity contribution < 1.29 is 9.90 Å². The summed E-state index contributed by atoms with van der Waals surface area (Å²) >= 11 is 0. The van der Waals surface area contributed by atoms with E-state index in [4.69, 9.17) is 0 Å². The monoisotopic (exact) mass is 219 g/mol. The van der Waals surface area contributed by atoms with Gasteiger partial charge in [-0.25, -0.2) is 0 Å². The fourth-order valence-electron chi connectivity index (χ4n) is 1.85. The number of benzene rings is 1. The second-order valence-electron chi connectivity index (χ2n) is 4.56. The SMILES string of the molecule is CC(=O)c1ccc(NCC2(O)CCC2)cc1. The first-order chi connectivity index (χ1) is 7.59. The van der Waals surface area contributed by atoms with E-state index in [1.807, 2.05) is 12.1 Å². The molecule has 1 aliphatic carbocycles. The number of Topliss-reactive ketones (excluding diaryl/α,β-unsaturated/α-hetero) is 1. The number of carbonyl (C=O) groups is 1. The summed E-state index contributed by atoms with van der Waals surface area (Å²) in [5, 5.41) is 13.1. The van der Waals surface area contributed by atoms with Crippen LogP contribution in [0.3, 0.4) is 0 Å². The Kier molecular flexibility index (Phi) is 2.97. The number of ketones is 1. The number of anilines is 1. The highest BCUT2D eigenvalue weighted by Crippen LogP contribution is 2.31. The van der Waals surface area contributed by atoms with Crippen molar-refractivity contribution in [3.8, 4) is 0 Å². The predicted octanol–water partition coefficient (Wildman–Crippen LogP) is 2.22. The fourth-order valence-corrected chi connectivity index (χ4v) is 1.85. The molecule has 1 fully saturated rings. The molecule has 16 heavy (non-hydrogen) atoms. The first-order valence-electron chi connectivity index (χ1n) is 5.66. The first kappa shape index (κ1) is 11.1. The summed E-state index contributed by atoms with van der Waals surface area (Å²) in [6.07, 6.45) is 2.87. The average Bonchev–Trinajstić information content (AvgIpc) is 2.24. The average molecular weight is 219 g/mol. The van der Waals surface area contributed by atoms with Crippen molar-refractivity contribution in [2.45, 2.75) is 31.8 Å². The van der Waals surface area contributed by atoms with Gasteiger partial charge in [0.1, 0.15) is 0 Å². The zero-order valence-electron chi connectivity index (χ0n) is 9.49. The second kappa shape index (κ2) is 4.26. The van der Waals surface area contributed by atoms with Gasteiger partial charge in [-0.1, -0.05) is 0 Å². The molecule has 0 atom stereocenters. The third-order valence-electron chi connectivity index (χ3n) is 3.20. The van der Waals surface area contributed by atoms with Gasteiger partial charge in [0.05, 0.1) is 5.60 Å². The van der Waals surface area contributed by atoms with Gasteiger partial charge in [-0.15, -0.1) is 0 Å². The molecule has 0 heterocycles. The zero-order valence-corrected chi connectivity index (χ0v) is 9.49. The summed E-state index contributed by atoms with van der Waals surface area (Å²) in [6.45, 7) is 2.14. The lowest BCUT2D eigenvalue weighted by Gasteiger charge is -2.36. The van der Waals surface area contributed by atoms with Crippen LogP contribution in [-0.4, -0.2) is 23.0 Å². The molecular weight excluding hydrogens is 202 g/mol. The number of aliphatic hydroxyl groups is 1. The predicted molar refractivity (Wildman–Crippen MR) is 63.7 cm³/mol.